The standard InChI is InChI=1S/C9H19F2N/c1-4-5-7(2)6-8(12-3)9(10)11/h7-9,12H,4-6H2,1-3H3. The lowest BCUT2D eigenvalue weighted by Crippen LogP contribution is -2.34. The third-order valence-corrected chi connectivity index (χ3v) is 2.11. The Kier molecular flexibility index (Phi) is 6.25. The van der Waals surface area contributed by atoms with Gasteiger partial charge in [-0.15, -0.1) is 0 Å². The maximum Gasteiger partial charge on any atom is 0.253 e. The molecule has 2 atom stereocenters. The van der Waals surface area contributed by atoms with Gasteiger partial charge in [-0.3, -0.25) is 0 Å². The molecule has 0 aliphatic rings. The maximum absolute atomic E-state index is 12.2. The molecule has 12 heavy (non-hydrogen) atoms. The molecule has 0 radical (unpaired) electrons. The molecule has 0 fully saturated rings. The monoisotopic (exact) mass is 179 g/mol. The van der Waals surface area contributed by atoms with Crippen molar-refractivity contribution >= 4 is 0 Å². The highest BCUT2D eigenvalue weighted by molar-refractivity contribution is 4.70. The smallest absolute Gasteiger partial charge is 0.253 e. The molecule has 0 bridgehead atoms. The zero-order valence-electron chi connectivity index (χ0n) is 8.11. The van der Waals surface area contributed by atoms with E-state index in [0.717, 1.165) is 12.8 Å². The van der Waals surface area contributed by atoms with E-state index in [1.807, 2.05) is 6.92 Å². The van der Waals surface area contributed by atoms with E-state index in [4.69, 9.17) is 0 Å². The predicted octanol–water partition coefficient (Wildman–Crippen LogP) is 2.67. The van der Waals surface area contributed by atoms with Gasteiger partial charge in [-0.25, -0.2) is 8.78 Å². The molecule has 0 spiro atoms. The van der Waals surface area contributed by atoms with Gasteiger partial charge in [-0.05, 0) is 19.4 Å². The van der Waals surface area contributed by atoms with E-state index >= 15 is 0 Å². The van der Waals surface area contributed by atoms with Gasteiger partial charge >= 0.3 is 0 Å². The van der Waals surface area contributed by atoms with Gasteiger partial charge in [0.05, 0.1) is 6.04 Å². The number of hydrogen-bond donors (Lipinski definition) is 1. The fourth-order valence-corrected chi connectivity index (χ4v) is 1.39. The quantitative estimate of drug-likeness (QED) is 0.661. The Morgan fingerprint density at radius 2 is 1.92 bits per heavy atom. The third kappa shape index (κ3) is 4.65. The number of alkyl halides is 2. The Hall–Kier alpha value is -0.180. The van der Waals surface area contributed by atoms with Crippen LogP contribution in [0.25, 0.3) is 0 Å². The molecule has 2 unspecified atom stereocenters. The van der Waals surface area contributed by atoms with Crippen molar-refractivity contribution in [1.29, 1.82) is 0 Å². The second kappa shape index (κ2) is 6.35. The van der Waals surface area contributed by atoms with Crippen LogP contribution in [-0.4, -0.2) is 19.5 Å². The zero-order chi connectivity index (χ0) is 9.56. The SMILES string of the molecule is CCCC(C)CC(NC)C(F)F. The van der Waals surface area contributed by atoms with Crippen molar-refractivity contribution in [3.8, 4) is 0 Å². The number of rotatable bonds is 6. The minimum atomic E-state index is -2.24. The van der Waals surface area contributed by atoms with E-state index < -0.39 is 12.5 Å². The topological polar surface area (TPSA) is 12.0 Å². The lowest BCUT2D eigenvalue weighted by molar-refractivity contribution is 0.0898. The Balaban J connectivity index is 3.69. The Morgan fingerprint density at radius 1 is 1.33 bits per heavy atom. The van der Waals surface area contributed by atoms with Crippen LogP contribution in [0.4, 0.5) is 8.78 Å². The fraction of sp³-hybridized carbons (Fsp3) is 1.00. The number of halogens is 2. The predicted molar refractivity (Wildman–Crippen MR) is 47.5 cm³/mol. The molecule has 1 N–H and O–H groups in total. The Labute approximate surface area is 73.5 Å². The normalized spacial score (nSPS) is 16.5. The lowest BCUT2D eigenvalue weighted by atomic mass is 9.97. The van der Waals surface area contributed by atoms with E-state index in [1.165, 1.54) is 0 Å². The maximum atomic E-state index is 12.2. The van der Waals surface area contributed by atoms with Crippen LogP contribution in [-0.2, 0) is 0 Å². The molecule has 0 aromatic carbocycles. The second-order valence-electron chi connectivity index (χ2n) is 3.36. The summed E-state index contributed by atoms with van der Waals surface area (Å²) < 4.78 is 24.5. The molecule has 0 aliphatic heterocycles. The number of hydrogen-bond acceptors (Lipinski definition) is 1. The molecule has 74 valence electrons. The third-order valence-electron chi connectivity index (χ3n) is 2.11. The van der Waals surface area contributed by atoms with Crippen LogP contribution >= 0.6 is 0 Å². The zero-order valence-corrected chi connectivity index (χ0v) is 8.11. The van der Waals surface area contributed by atoms with Gasteiger partial charge in [0.15, 0.2) is 0 Å². The van der Waals surface area contributed by atoms with Gasteiger partial charge in [0.1, 0.15) is 0 Å². The molecule has 0 saturated carbocycles. The molecule has 0 aliphatic carbocycles. The van der Waals surface area contributed by atoms with Crippen LogP contribution in [0, 0.1) is 5.92 Å². The minimum Gasteiger partial charge on any atom is -0.312 e. The van der Waals surface area contributed by atoms with Crippen LogP contribution in [0.5, 0.6) is 0 Å². The van der Waals surface area contributed by atoms with E-state index in [0.29, 0.717) is 12.3 Å². The average molecular weight is 179 g/mol. The van der Waals surface area contributed by atoms with Gasteiger partial charge in [0.25, 0.3) is 6.43 Å². The molecule has 0 aromatic heterocycles. The first-order chi connectivity index (χ1) is 5.61. The van der Waals surface area contributed by atoms with Crippen LogP contribution in [0.15, 0.2) is 0 Å². The summed E-state index contributed by atoms with van der Waals surface area (Å²) in [4.78, 5) is 0. The first-order valence-corrected chi connectivity index (χ1v) is 4.57. The Bertz CT molecular complexity index is 107. The van der Waals surface area contributed by atoms with Gasteiger partial charge in [-0.1, -0.05) is 26.7 Å². The van der Waals surface area contributed by atoms with Crippen molar-refractivity contribution in [3.05, 3.63) is 0 Å². The molecular weight excluding hydrogens is 160 g/mol. The first-order valence-electron chi connectivity index (χ1n) is 4.57. The fourth-order valence-electron chi connectivity index (χ4n) is 1.39. The summed E-state index contributed by atoms with van der Waals surface area (Å²) in [6.07, 6.45) is 0.433. The van der Waals surface area contributed by atoms with Crippen molar-refractivity contribution in [3.63, 3.8) is 0 Å². The average Bonchev–Trinajstić information content (AvgIpc) is 2.00. The highest BCUT2D eigenvalue weighted by Crippen LogP contribution is 2.16. The van der Waals surface area contributed by atoms with Crippen LogP contribution in [0.1, 0.15) is 33.1 Å². The highest BCUT2D eigenvalue weighted by Gasteiger charge is 2.19. The van der Waals surface area contributed by atoms with Crippen LogP contribution < -0.4 is 5.32 Å². The summed E-state index contributed by atoms with van der Waals surface area (Å²) in [5, 5.41) is 2.64. The summed E-state index contributed by atoms with van der Waals surface area (Å²) in [6, 6.07) is -0.633. The highest BCUT2D eigenvalue weighted by atomic mass is 19.3. The van der Waals surface area contributed by atoms with Crippen LogP contribution in [0.2, 0.25) is 0 Å². The molecule has 0 rings (SSSR count). The Morgan fingerprint density at radius 3 is 2.25 bits per heavy atom. The van der Waals surface area contributed by atoms with Crippen LogP contribution in [0.3, 0.4) is 0 Å². The largest absolute Gasteiger partial charge is 0.312 e. The van der Waals surface area contributed by atoms with Gasteiger partial charge in [-0.2, -0.15) is 0 Å². The summed E-state index contributed by atoms with van der Waals surface area (Å²) in [6.45, 7) is 4.10. The van der Waals surface area contributed by atoms with E-state index in [2.05, 4.69) is 12.2 Å². The molecule has 3 heteroatoms. The molecular formula is C9H19F2N. The van der Waals surface area contributed by atoms with E-state index in [9.17, 15) is 8.78 Å². The van der Waals surface area contributed by atoms with Gasteiger partial charge < -0.3 is 5.32 Å². The van der Waals surface area contributed by atoms with Gasteiger partial charge in [0.2, 0.25) is 0 Å². The molecule has 0 aromatic rings. The number of nitrogens with one attached hydrogen (secondary N) is 1. The van der Waals surface area contributed by atoms with Crippen molar-refractivity contribution < 1.29 is 8.78 Å². The summed E-state index contributed by atoms with van der Waals surface area (Å²) in [5.41, 5.74) is 0. The summed E-state index contributed by atoms with van der Waals surface area (Å²) in [5.74, 6) is 0.390. The minimum absolute atomic E-state index is 0.390. The molecule has 1 nitrogen and oxygen atoms in total. The molecule has 0 heterocycles. The van der Waals surface area contributed by atoms with Crippen molar-refractivity contribution in [2.75, 3.05) is 7.05 Å². The van der Waals surface area contributed by atoms with Crippen molar-refractivity contribution in [1.82, 2.24) is 5.32 Å². The first kappa shape index (κ1) is 11.8. The van der Waals surface area contributed by atoms with Gasteiger partial charge in [0, 0.05) is 0 Å². The second-order valence-corrected chi connectivity index (χ2v) is 3.36. The summed E-state index contributed by atoms with van der Waals surface area (Å²) in [7, 11) is 1.59. The van der Waals surface area contributed by atoms with Crippen molar-refractivity contribution in [2.45, 2.75) is 45.6 Å². The van der Waals surface area contributed by atoms with E-state index in [1.54, 1.807) is 7.05 Å². The summed E-state index contributed by atoms with van der Waals surface area (Å²) >= 11 is 0. The van der Waals surface area contributed by atoms with E-state index in [-0.39, 0.29) is 0 Å². The molecule has 0 saturated heterocycles. The van der Waals surface area contributed by atoms with Crippen molar-refractivity contribution in [2.24, 2.45) is 5.92 Å². The molecule has 0 amide bonds. The lowest BCUT2D eigenvalue weighted by Gasteiger charge is -2.19.